The molecule has 1 aliphatic heterocycles. The topological polar surface area (TPSA) is 9.23 Å². The van der Waals surface area contributed by atoms with Gasteiger partial charge in [0, 0.05) is 21.7 Å². The molecule has 0 aromatic carbocycles. The van der Waals surface area contributed by atoms with Gasteiger partial charge in [-0.15, -0.1) is 29.3 Å². The van der Waals surface area contributed by atoms with Crippen LogP contribution in [0.4, 0.5) is 0 Å². The van der Waals surface area contributed by atoms with E-state index < -0.39 is 0 Å². The van der Waals surface area contributed by atoms with E-state index >= 15 is 0 Å². The molecule has 0 saturated heterocycles. The van der Waals surface area contributed by atoms with E-state index in [0.717, 1.165) is 18.6 Å². The van der Waals surface area contributed by atoms with Gasteiger partial charge in [0.2, 0.25) is 0 Å². The van der Waals surface area contributed by atoms with Crippen molar-refractivity contribution in [3.8, 4) is 15.5 Å². The third kappa shape index (κ3) is 2.60. The van der Waals surface area contributed by atoms with E-state index in [2.05, 4.69) is 46.1 Å². The zero-order valence-corrected chi connectivity index (χ0v) is 14.4. The van der Waals surface area contributed by atoms with Crippen molar-refractivity contribution in [1.82, 2.24) is 0 Å². The first-order valence-electron chi connectivity index (χ1n) is 7.11. The molecule has 0 atom stereocenters. The summed E-state index contributed by atoms with van der Waals surface area (Å²) in [6.45, 7) is 14.4. The highest BCUT2D eigenvalue weighted by Crippen LogP contribution is 2.52. The molecule has 0 fully saturated rings. The Morgan fingerprint density at radius 2 is 2.05 bits per heavy atom. The van der Waals surface area contributed by atoms with E-state index in [4.69, 9.17) is 4.74 Å². The smallest absolute Gasteiger partial charge is 0.140 e. The lowest BCUT2D eigenvalue weighted by atomic mass is 9.95. The molecule has 1 aliphatic rings. The number of aryl methyl sites for hydroxylation is 1. The van der Waals surface area contributed by atoms with Crippen molar-refractivity contribution >= 4 is 22.7 Å². The molecule has 0 bridgehead atoms. The molecule has 0 aliphatic carbocycles. The highest BCUT2D eigenvalue weighted by molar-refractivity contribution is 7.22. The minimum absolute atomic E-state index is 0.246. The Morgan fingerprint density at radius 1 is 1.29 bits per heavy atom. The number of hydrogen-bond acceptors (Lipinski definition) is 3. The largest absolute Gasteiger partial charge is 0.482 e. The van der Waals surface area contributed by atoms with Crippen LogP contribution in [0.3, 0.4) is 0 Å². The van der Waals surface area contributed by atoms with Crippen LogP contribution in [-0.4, -0.2) is 0 Å². The summed E-state index contributed by atoms with van der Waals surface area (Å²) in [4.78, 5) is 5.32. The fraction of sp³-hybridized carbons (Fsp3) is 0.333. The normalized spacial score (nSPS) is 15.0. The molecule has 1 nitrogen and oxygen atoms in total. The van der Waals surface area contributed by atoms with E-state index in [0.29, 0.717) is 0 Å². The lowest BCUT2D eigenvalue weighted by Crippen LogP contribution is -2.27. The molecular formula is C18H20OS2. The maximum atomic E-state index is 6.25. The van der Waals surface area contributed by atoms with Crippen LogP contribution in [0.2, 0.25) is 0 Å². The third-order valence-corrected chi connectivity index (χ3v) is 6.01. The minimum Gasteiger partial charge on any atom is -0.482 e. The number of ether oxygens (including phenoxy) is 1. The fourth-order valence-electron chi connectivity index (χ4n) is 2.73. The molecule has 0 spiro atoms. The summed E-state index contributed by atoms with van der Waals surface area (Å²) in [5.41, 5.74) is 2.27. The van der Waals surface area contributed by atoms with Gasteiger partial charge in [0.1, 0.15) is 11.4 Å². The Kier molecular flexibility index (Phi) is 3.58. The van der Waals surface area contributed by atoms with Gasteiger partial charge in [-0.2, -0.15) is 0 Å². The predicted octanol–water partition coefficient (Wildman–Crippen LogP) is 6.09. The van der Waals surface area contributed by atoms with Gasteiger partial charge < -0.3 is 4.74 Å². The van der Waals surface area contributed by atoms with Crippen LogP contribution in [0.1, 0.15) is 35.6 Å². The Balaban J connectivity index is 2.00. The van der Waals surface area contributed by atoms with Gasteiger partial charge in [0.05, 0.1) is 9.75 Å². The molecule has 0 amide bonds. The van der Waals surface area contributed by atoms with Crippen LogP contribution < -0.4 is 4.74 Å². The average Bonchev–Trinajstić information content (AvgIpc) is 2.92. The molecule has 3 heterocycles. The number of thiophene rings is 2. The molecule has 0 unspecified atom stereocenters. The van der Waals surface area contributed by atoms with Crippen molar-refractivity contribution in [2.24, 2.45) is 0 Å². The first-order chi connectivity index (χ1) is 9.90. The molecule has 21 heavy (non-hydrogen) atoms. The van der Waals surface area contributed by atoms with Gasteiger partial charge in [-0.25, -0.2) is 0 Å². The van der Waals surface area contributed by atoms with E-state index in [1.807, 2.05) is 28.7 Å². The molecule has 3 heteroatoms. The molecule has 0 saturated carbocycles. The van der Waals surface area contributed by atoms with E-state index in [1.54, 1.807) is 0 Å². The summed E-state index contributed by atoms with van der Waals surface area (Å²) in [6.07, 6.45) is 3.70. The van der Waals surface area contributed by atoms with Gasteiger partial charge in [-0.1, -0.05) is 18.2 Å². The van der Waals surface area contributed by atoms with Gasteiger partial charge >= 0.3 is 0 Å². The van der Waals surface area contributed by atoms with Gasteiger partial charge in [-0.3, -0.25) is 0 Å². The Labute approximate surface area is 134 Å². The number of hydrogen-bond donors (Lipinski definition) is 0. The van der Waals surface area contributed by atoms with Gasteiger partial charge in [0.15, 0.2) is 0 Å². The lowest BCUT2D eigenvalue weighted by Gasteiger charge is -2.31. The van der Waals surface area contributed by atoms with Crippen LogP contribution in [-0.2, 0) is 12.0 Å². The Morgan fingerprint density at radius 3 is 2.76 bits per heavy atom. The molecule has 0 radical (unpaired) electrons. The standard InChI is InChI=1S/C18H20OS2/c1-6-7-11(2)8-13-10-15-17(21-13)16-14(9-12(3)20-16)18(4,5)19-15/h6,9-10H,1-2,7-8H2,3-5H3. The number of allylic oxidation sites excluding steroid dienone is 2. The maximum Gasteiger partial charge on any atom is 0.140 e. The predicted molar refractivity (Wildman–Crippen MR) is 93.7 cm³/mol. The molecule has 110 valence electrons. The Bertz CT molecular complexity index is 716. The molecule has 2 aromatic heterocycles. The monoisotopic (exact) mass is 316 g/mol. The second kappa shape index (κ2) is 5.15. The summed E-state index contributed by atoms with van der Waals surface area (Å²) in [7, 11) is 0. The summed E-state index contributed by atoms with van der Waals surface area (Å²) in [5.74, 6) is 1.03. The first kappa shape index (κ1) is 14.6. The van der Waals surface area contributed by atoms with Crippen LogP contribution >= 0.6 is 22.7 Å². The van der Waals surface area contributed by atoms with E-state index in [9.17, 15) is 0 Å². The van der Waals surface area contributed by atoms with Crippen molar-refractivity contribution in [2.45, 2.75) is 39.2 Å². The summed E-state index contributed by atoms with van der Waals surface area (Å²) in [6, 6.07) is 4.45. The maximum absolute atomic E-state index is 6.25. The zero-order chi connectivity index (χ0) is 15.2. The number of fused-ring (bicyclic) bond motifs is 3. The first-order valence-corrected chi connectivity index (χ1v) is 8.74. The highest BCUT2D eigenvalue weighted by Gasteiger charge is 2.35. The minimum atomic E-state index is -0.246. The van der Waals surface area contributed by atoms with Crippen molar-refractivity contribution in [2.75, 3.05) is 0 Å². The van der Waals surface area contributed by atoms with Crippen molar-refractivity contribution in [3.63, 3.8) is 0 Å². The lowest BCUT2D eigenvalue weighted by molar-refractivity contribution is 0.107. The molecular weight excluding hydrogens is 296 g/mol. The molecule has 2 aromatic rings. The quantitative estimate of drug-likeness (QED) is 0.620. The van der Waals surface area contributed by atoms with Crippen molar-refractivity contribution in [3.05, 3.63) is 52.3 Å². The van der Waals surface area contributed by atoms with Crippen molar-refractivity contribution in [1.29, 1.82) is 0 Å². The van der Waals surface area contributed by atoms with Gasteiger partial charge in [-0.05, 0) is 39.3 Å². The SMILES string of the molecule is C=CCC(=C)Cc1cc2c(s1)-c1sc(C)cc1C(C)(C)O2. The van der Waals surface area contributed by atoms with E-state index in [-0.39, 0.29) is 5.60 Å². The van der Waals surface area contributed by atoms with Crippen molar-refractivity contribution < 1.29 is 4.74 Å². The summed E-state index contributed by atoms with van der Waals surface area (Å²) >= 11 is 3.71. The van der Waals surface area contributed by atoms with Crippen LogP contribution in [0.25, 0.3) is 9.75 Å². The average molecular weight is 316 g/mol. The zero-order valence-electron chi connectivity index (χ0n) is 12.8. The van der Waals surface area contributed by atoms with Crippen LogP contribution in [0.15, 0.2) is 36.9 Å². The number of rotatable bonds is 4. The highest BCUT2D eigenvalue weighted by atomic mass is 32.1. The second-order valence-electron chi connectivity index (χ2n) is 6.04. The van der Waals surface area contributed by atoms with E-state index in [1.165, 1.54) is 30.6 Å². The fourth-order valence-corrected chi connectivity index (χ4v) is 5.19. The third-order valence-electron chi connectivity index (χ3n) is 3.68. The summed E-state index contributed by atoms with van der Waals surface area (Å²) < 4.78 is 6.25. The second-order valence-corrected chi connectivity index (χ2v) is 8.43. The summed E-state index contributed by atoms with van der Waals surface area (Å²) in [5, 5.41) is 0. The molecule has 0 N–H and O–H groups in total. The molecule has 3 rings (SSSR count). The van der Waals surface area contributed by atoms with Gasteiger partial charge in [0.25, 0.3) is 0 Å². The Hall–Kier alpha value is -1.32. The van der Waals surface area contributed by atoms with Crippen LogP contribution in [0, 0.1) is 6.92 Å². The van der Waals surface area contributed by atoms with Crippen LogP contribution in [0.5, 0.6) is 5.75 Å².